The number of rotatable bonds is 8. The van der Waals surface area contributed by atoms with Crippen LogP contribution >= 0.6 is 11.8 Å². The van der Waals surface area contributed by atoms with Crippen LogP contribution in [0.25, 0.3) is 0 Å². The van der Waals surface area contributed by atoms with E-state index in [0.717, 1.165) is 12.3 Å². The highest BCUT2D eigenvalue weighted by Crippen LogP contribution is 2.29. The fraction of sp³-hybridized carbons (Fsp3) is 0.842. The van der Waals surface area contributed by atoms with Gasteiger partial charge in [0.25, 0.3) is 0 Å². The van der Waals surface area contributed by atoms with Gasteiger partial charge in [-0.2, -0.15) is 11.8 Å². The van der Waals surface area contributed by atoms with E-state index in [-0.39, 0.29) is 6.04 Å². The molecule has 2 fully saturated rings. The molecular formula is C19H35N3O9S. The molecule has 0 aromatic carbocycles. The molecule has 2 bridgehead atoms. The van der Waals surface area contributed by atoms with Gasteiger partial charge in [-0.25, -0.2) is 0 Å². The molecule has 0 saturated carbocycles. The van der Waals surface area contributed by atoms with Crippen LogP contribution in [0.3, 0.4) is 0 Å². The van der Waals surface area contributed by atoms with E-state index in [1.54, 1.807) is 25.6 Å². The van der Waals surface area contributed by atoms with Crippen molar-refractivity contribution in [2.45, 2.75) is 82.1 Å². The summed E-state index contributed by atoms with van der Waals surface area (Å²) in [5.41, 5.74) is 5.12. The number of aliphatic carboxylic acids is 1. The van der Waals surface area contributed by atoms with Crippen molar-refractivity contribution in [2.24, 2.45) is 5.73 Å². The van der Waals surface area contributed by atoms with Crippen LogP contribution in [0, 0.1) is 0 Å². The number of aliphatic hydroxyl groups excluding tert-OH is 3. The summed E-state index contributed by atoms with van der Waals surface area (Å²) in [6.45, 7) is 5.65. The summed E-state index contributed by atoms with van der Waals surface area (Å²) >= 11 is 1.78. The molecule has 8 atom stereocenters. The third-order valence-corrected chi connectivity index (χ3v) is 5.47. The summed E-state index contributed by atoms with van der Waals surface area (Å²) in [6, 6.07) is -2.72. The van der Waals surface area contributed by atoms with Gasteiger partial charge < -0.3 is 46.3 Å². The lowest BCUT2D eigenvalue weighted by atomic mass is 9.91. The molecule has 8 N–H and O–H groups in total. The number of carboxylic acids is 1. The zero-order valence-corrected chi connectivity index (χ0v) is 19.4. The van der Waals surface area contributed by atoms with E-state index in [1.807, 2.05) is 6.26 Å². The van der Waals surface area contributed by atoms with Crippen LogP contribution in [0.5, 0.6) is 0 Å². The number of ether oxygens (including phenoxy) is 2. The second-order valence-electron chi connectivity index (χ2n) is 7.86. The number of fused-ring (bicyclic) bond motifs is 2. The molecule has 0 spiro atoms. The zero-order valence-electron chi connectivity index (χ0n) is 18.6. The predicted octanol–water partition coefficient (Wildman–Crippen LogP) is -2.58. The quantitative estimate of drug-likeness (QED) is 0.191. The lowest BCUT2D eigenvalue weighted by molar-refractivity contribution is -0.295. The Kier molecular flexibility index (Phi) is 12.0. The highest BCUT2D eigenvalue weighted by molar-refractivity contribution is 7.98. The molecular weight excluding hydrogens is 446 g/mol. The number of Topliss-reactive ketones (excluding diaryl/α,β-unsaturated/α-hetero) is 1. The Morgan fingerprint density at radius 1 is 1.16 bits per heavy atom. The first kappa shape index (κ1) is 28.7. The minimum absolute atomic E-state index is 0.204. The fourth-order valence-corrected chi connectivity index (χ4v) is 3.51. The Balaban J connectivity index is 0.000000920. The van der Waals surface area contributed by atoms with Gasteiger partial charge in [0.1, 0.15) is 36.6 Å². The highest BCUT2D eigenvalue weighted by atomic mass is 32.2. The summed E-state index contributed by atoms with van der Waals surface area (Å²) in [7, 11) is 0. The number of thioether (sulfide) groups is 1. The van der Waals surface area contributed by atoms with E-state index in [1.165, 1.54) is 6.92 Å². The summed E-state index contributed by atoms with van der Waals surface area (Å²) < 4.78 is 10.7. The third kappa shape index (κ3) is 7.92. The first-order valence-corrected chi connectivity index (χ1v) is 11.7. The third-order valence-electron chi connectivity index (χ3n) is 4.83. The van der Waals surface area contributed by atoms with Gasteiger partial charge in [-0.1, -0.05) is 13.8 Å². The molecule has 12 nitrogen and oxygen atoms in total. The lowest BCUT2D eigenvalue weighted by Crippen LogP contribution is -2.64. The van der Waals surface area contributed by atoms with Crippen molar-refractivity contribution in [1.29, 1.82) is 0 Å². The number of aliphatic hydroxyl groups is 3. The summed E-state index contributed by atoms with van der Waals surface area (Å²) in [5.74, 6) is -1.53. The van der Waals surface area contributed by atoms with Gasteiger partial charge >= 0.3 is 5.97 Å². The molecule has 13 heteroatoms. The molecule has 2 saturated heterocycles. The van der Waals surface area contributed by atoms with Crippen LogP contribution in [-0.4, -0.2) is 112 Å². The maximum atomic E-state index is 12.6. The molecule has 32 heavy (non-hydrogen) atoms. The second kappa shape index (κ2) is 13.4. The number of ketones is 1. The molecule has 0 radical (unpaired) electrons. The number of nitrogens with one attached hydrogen (secondary N) is 2. The van der Waals surface area contributed by atoms with Crippen molar-refractivity contribution >= 4 is 29.4 Å². The fourth-order valence-electron chi connectivity index (χ4n) is 3.27. The molecule has 0 aliphatic carbocycles. The Labute approximate surface area is 191 Å². The Bertz CT molecular complexity index is 637. The van der Waals surface area contributed by atoms with E-state index in [9.17, 15) is 29.7 Å². The Hall–Kier alpha value is -1.32. The molecule has 1 amide bonds. The number of carboxylic acid groups (broad SMARTS) is 1. The average molecular weight is 482 g/mol. The van der Waals surface area contributed by atoms with Crippen LogP contribution in [0.1, 0.15) is 27.2 Å². The van der Waals surface area contributed by atoms with Crippen molar-refractivity contribution in [3.8, 4) is 0 Å². The number of carbonyl (C=O) groups excluding carboxylic acids is 2. The monoisotopic (exact) mass is 481 g/mol. The van der Waals surface area contributed by atoms with Crippen LogP contribution < -0.4 is 16.4 Å². The van der Waals surface area contributed by atoms with Crippen molar-refractivity contribution in [3.05, 3.63) is 0 Å². The Morgan fingerprint density at radius 2 is 1.78 bits per heavy atom. The van der Waals surface area contributed by atoms with Crippen molar-refractivity contribution in [2.75, 3.05) is 18.6 Å². The van der Waals surface area contributed by atoms with Gasteiger partial charge in [-0.05, 0) is 13.2 Å². The van der Waals surface area contributed by atoms with Gasteiger partial charge in [0.2, 0.25) is 5.91 Å². The van der Waals surface area contributed by atoms with E-state index >= 15 is 0 Å². The maximum Gasteiger partial charge on any atom is 0.305 e. The molecule has 2 aliphatic rings. The molecule has 2 heterocycles. The van der Waals surface area contributed by atoms with Crippen LogP contribution in [0.2, 0.25) is 0 Å². The number of amides is 1. The van der Waals surface area contributed by atoms with Crippen molar-refractivity contribution in [3.63, 3.8) is 0 Å². The van der Waals surface area contributed by atoms with Crippen LogP contribution in [-0.2, 0) is 23.9 Å². The van der Waals surface area contributed by atoms with E-state index in [0.29, 0.717) is 0 Å². The van der Waals surface area contributed by atoms with Gasteiger partial charge in [-0.15, -0.1) is 0 Å². The molecule has 2 aliphatic heterocycles. The van der Waals surface area contributed by atoms with Crippen molar-refractivity contribution < 1.29 is 44.3 Å². The number of hydrogen-bond donors (Lipinski definition) is 7. The summed E-state index contributed by atoms with van der Waals surface area (Å²) in [4.78, 5) is 36.2. The SMILES string of the molecule is CC(C)NC(CC(=O)O)C(=O)NC1C(=O)C(C)OC2OC1C(O)C(O)C2O.CSCCN. The minimum Gasteiger partial charge on any atom is -0.481 e. The lowest BCUT2D eigenvalue weighted by Gasteiger charge is -2.40. The smallest absolute Gasteiger partial charge is 0.305 e. The molecule has 2 rings (SSSR count). The molecule has 0 aromatic rings. The highest BCUT2D eigenvalue weighted by Gasteiger charge is 2.53. The summed E-state index contributed by atoms with van der Waals surface area (Å²) in [6.07, 6.45) is -7.14. The number of nitrogens with two attached hydrogens (primary N) is 1. The normalized spacial score (nSPS) is 33.0. The van der Waals surface area contributed by atoms with Crippen molar-refractivity contribution in [1.82, 2.24) is 10.6 Å². The first-order chi connectivity index (χ1) is 14.9. The van der Waals surface area contributed by atoms with Gasteiger partial charge in [0.15, 0.2) is 12.1 Å². The minimum atomic E-state index is -1.66. The zero-order chi connectivity index (χ0) is 24.6. The topological polar surface area (TPSA) is 201 Å². The van der Waals surface area contributed by atoms with Gasteiger partial charge in [-0.3, -0.25) is 14.4 Å². The van der Waals surface area contributed by atoms with Crippen LogP contribution in [0.4, 0.5) is 0 Å². The maximum absolute atomic E-state index is 12.6. The van der Waals surface area contributed by atoms with E-state index < -0.39 is 73.0 Å². The Morgan fingerprint density at radius 3 is 2.25 bits per heavy atom. The summed E-state index contributed by atoms with van der Waals surface area (Å²) in [5, 5.41) is 44.3. The molecule has 0 aromatic heterocycles. The van der Waals surface area contributed by atoms with Gasteiger partial charge in [0, 0.05) is 18.3 Å². The standard InChI is InChI=1S/C16H26N2O9.C3H9NS/c1-5(2)17-7(4-8(19)20)15(25)18-9-10(21)6(3)26-16-13(24)11(22)12(23)14(9)27-16;1-5-3-2-4/h5-7,9,11-14,16-17,22-24H,4H2,1-3H3,(H,18,25)(H,19,20);2-4H2,1H3. The number of carbonyl (C=O) groups is 3. The average Bonchev–Trinajstić information content (AvgIpc) is 2.82. The first-order valence-electron chi connectivity index (χ1n) is 10.3. The predicted molar refractivity (Wildman–Crippen MR) is 116 cm³/mol. The largest absolute Gasteiger partial charge is 0.481 e. The molecule has 8 unspecified atom stereocenters. The molecule has 186 valence electrons. The van der Waals surface area contributed by atoms with Gasteiger partial charge in [0.05, 0.1) is 12.5 Å². The van der Waals surface area contributed by atoms with E-state index in [2.05, 4.69) is 10.6 Å². The number of hydrogen-bond acceptors (Lipinski definition) is 11. The second-order valence-corrected chi connectivity index (χ2v) is 8.85. The van der Waals surface area contributed by atoms with Crippen LogP contribution in [0.15, 0.2) is 0 Å². The van der Waals surface area contributed by atoms with E-state index in [4.69, 9.17) is 20.3 Å².